The van der Waals surface area contributed by atoms with E-state index in [-0.39, 0.29) is 5.97 Å². The monoisotopic (exact) mass is 287 g/mol. The average molecular weight is 288 g/mol. The van der Waals surface area contributed by atoms with Crippen molar-refractivity contribution in [2.45, 2.75) is 25.1 Å². The van der Waals surface area contributed by atoms with Crippen molar-refractivity contribution in [3.05, 3.63) is 34.9 Å². The second-order valence-corrected chi connectivity index (χ2v) is 5.37. The van der Waals surface area contributed by atoms with Crippen LogP contribution in [-0.4, -0.2) is 24.4 Å². The number of ether oxygens (including phenoxy) is 1. The number of thioether (sulfide) groups is 1. The molecule has 0 aliphatic carbocycles. The van der Waals surface area contributed by atoms with Crippen LogP contribution < -0.4 is 5.73 Å². The van der Waals surface area contributed by atoms with Gasteiger partial charge in [-0.25, -0.2) is 0 Å². The van der Waals surface area contributed by atoms with E-state index in [0.29, 0.717) is 13.0 Å². The molecule has 0 amide bonds. The molecular weight excluding hydrogens is 270 g/mol. The number of carbonyl (C=O) groups is 1. The van der Waals surface area contributed by atoms with Gasteiger partial charge in [0.05, 0.1) is 6.61 Å². The normalized spacial score (nSPS) is 12.2. The lowest BCUT2D eigenvalue weighted by molar-refractivity contribution is -0.144. The number of hydrogen-bond acceptors (Lipinski definition) is 4. The van der Waals surface area contributed by atoms with Crippen molar-refractivity contribution in [2.24, 2.45) is 5.73 Å². The van der Waals surface area contributed by atoms with Crippen molar-refractivity contribution in [1.29, 1.82) is 0 Å². The number of esters is 1. The molecule has 0 spiro atoms. The standard InChI is InChI=1S/C13H18ClNO2S/c1-2-17-13(16)12(15)7-8-18-9-10-3-5-11(14)6-4-10/h3-6,12H,2,7-9,15H2,1H3. The third-order valence-corrected chi connectivity index (χ3v) is 3.66. The number of carbonyl (C=O) groups excluding carboxylic acids is 1. The molecule has 0 radical (unpaired) electrons. The first kappa shape index (κ1) is 15.3. The molecule has 0 aromatic heterocycles. The highest BCUT2D eigenvalue weighted by molar-refractivity contribution is 7.98. The fourth-order valence-electron chi connectivity index (χ4n) is 1.35. The van der Waals surface area contributed by atoms with Crippen molar-refractivity contribution in [3.8, 4) is 0 Å². The Balaban J connectivity index is 2.18. The first-order chi connectivity index (χ1) is 8.63. The molecule has 18 heavy (non-hydrogen) atoms. The van der Waals surface area contributed by atoms with E-state index in [1.807, 2.05) is 24.3 Å². The Morgan fingerprint density at radius 1 is 1.44 bits per heavy atom. The molecule has 2 N–H and O–H groups in total. The van der Waals surface area contributed by atoms with Gasteiger partial charge in [-0.3, -0.25) is 4.79 Å². The largest absolute Gasteiger partial charge is 0.465 e. The molecule has 3 nitrogen and oxygen atoms in total. The fourth-order valence-corrected chi connectivity index (χ4v) is 2.47. The molecule has 0 saturated carbocycles. The van der Waals surface area contributed by atoms with Crippen LogP contribution >= 0.6 is 23.4 Å². The summed E-state index contributed by atoms with van der Waals surface area (Å²) in [6, 6.07) is 7.24. The zero-order chi connectivity index (χ0) is 13.4. The van der Waals surface area contributed by atoms with E-state index in [1.54, 1.807) is 18.7 Å². The smallest absolute Gasteiger partial charge is 0.322 e. The average Bonchev–Trinajstić information content (AvgIpc) is 2.36. The van der Waals surface area contributed by atoms with Gasteiger partial charge in [0.25, 0.3) is 0 Å². The van der Waals surface area contributed by atoms with Crippen molar-refractivity contribution in [1.82, 2.24) is 0 Å². The Labute approximate surface area is 117 Å². The zero-order valence-electron chi connectivity index (χ0n) is 10.4. The Morgan fingerprint density at radius 2 is 2.11 bits per heavy atom. The fraction of sp³-hybridized carbons (Fsp3) is 0.462. The second kappa shape index (κ2) is 8.40. The van der Waals surface area contributed by atoms with Crippen LogP contribution in [-0.2, 0) is 15.3 Å². The molecule has 0 aliphatic heterocycles. The number of rotatable bonds is 7. The lowest BCUT2D eigenvalue weighted by Crippen LogP contribution is -2.32. The summed E-state index contributed by atoms with van der Waals surface area (Å²) in [6.07, 6.45) is 0.636. The van der Waals surface area contributed by atoms with E-state index in [4.69, 9.17) is 22.1 Å². The van der Waals surface area contributed by atoms with Gasteiger partial charge in [-0.1, -0.05) is 23.7 Å². The van der Waals surface area contributed by atoms with Gasteiger partial charge in [0.2, 0.25) is 0 Å². The lowest BCUT2D eigenvalue weighted by Gasteiger charge is -2.09. The van der Waals surface area contributed by atoms with Crippen LogP contribution in [0.15, 0.2) is 24.3 Å². The molecule has 1 atom stereocenters. The van der Waals surface area contributed by atoms with Crippen molar-refractivity contribution < 1.29 is 9.53 Å². The van der Waals surface area contributed by atoms with Gasteiger partial charge >= 0.3 is 5.97 Å². The van der Waals surface area contributed by atoms with Crippen molar-refractivity contribution in [3.63, 3.8) is 0 Å². The summed E-state index contributed by atoms with van der Waals surface area (Å²) >= 11 is 7.55. The molecular formula is C13H18ClNO2S. The van der Waals surface area contributed by atoms with Crippen LogP contribution in [0.1, 0.15) is 18.9 Å². The van der Waals surface area contributed by atoms with E-state index in [0.717, 1.165) is 16.5 Å². The Kier molecular flexibility index (Phi) is 7.16. The number of nitrogens with two attached hydrogens (primary N) is 1. The van der Waals surface area contributed by atoms with Crippen LogP contribution in [0.5, 0.6) is 0 Å². The molecule has 1 aromatic carbocycles. The molecule has 1 rings (SSSR count). The van der Waals surface area contributed by atoms with Crippen LogP contribution in [0, 0.1) is 0 Å². The van der Waals surface area contributed by atoms with E-state index in [1.165, 1.54) is 5.56 Å². The topological polar surface area (TPSA) is 52.3 Å². The second-order valence-electron chi connectivity index (χ2n) is 3.83. The van der Waals surface area contributed by atoms with Crippen molar-refractivity contribution in [2.75, 3.05) is 12.4 Å². The minimum atomic E-state index is -0.511. The summed E-state index contributed by atoms with van der Waals surface area (Å²) in [4.78, 5) is 11.3. The Bertz CT molecular complexity index is 370. The highest BCUT2D eigenvalue weighted by Crippen LogP contribution is 2.16. The van der Waals surface area contributed by atoms with E-state index >= 15 is 0 Å². The van der Waals surface area contributed by atoms with Gasteiger partial charge in [-0.2, -0.15) is 11.8 Å². The molecule has 0 saturated heterocycles. The van der Waals surface area contributed by atoms with Gasteiger partial charge < -0.3 is 10.5 Å². The van der Waals surface area contributed by atoms with E-state index in [2.05, 4.69) is 0 Å². The van der Waals surface area contributed by atoms with Crippen LogP contribution in [0.2, 0.25) is 5.02 Å². The van der Waals surface area contributed by atoms with Gasteiger partial charge in [0, 0.05) is 10.8 Å². The molecule has 1 unspecified atom stereocenters. The highest BCUT2D eigenvalue weighted by atomic mass is 35.5. The van der Waals surface area contributed by atoms with Crippen LogP contribution in [0.3, 0.4) is 0 Å². The predicted molar refractivity (Wildman–Crippen MR) is 76.8 cm³/mol. The van der Waals surface area contributed by atoms with Crippen LogP contribution in [0.25, 0.3) is 0 Å². The van der Waals surface area contributed by atoms with Gasteiger partial charge in [0.1, 0.15) is 6.04 Å². The highest BCUT2D eigenvalue weighted by Gasteiger charge is 2.13. The third-order valence-electron chi connectivity index (χ3n) is 2.34. The van der Waals surface area contributed by atoms with Gasteiger partial charge in [-0.15, -0.1) is 0 Å². The summed E-state index contributed by atoms with van der Waals surface area (Å²) in [5.74, 6) is 1.42. The van der Waals surface area contributed by atoms with Gasteiger partial charge in [-0.05, 0) is 36.8 Å². The third kappa shape index (κ3) is 5.76. The minimum absolute atomic E-state index is 0.315. The summed E-state index contributed by atoms with van der Waals surface area (Å²) in [7, 11) is 0. The maximum atomic E-state index is 11.3. The maximum absolute atomic E-state index is 11.3. The molecule has 0 fully saturated rings. The molecule has 0 aliphatic rings. The Morgan fingerprint density at radius 3 is 2.72 bits per heavy atom. The van der Waals surface area contributed by atoms with Gasteiger partial charge in [0.15, 0.2) is 0 Å². The number of halogens is 1. The first-order valence-corrected chi connectivity index (χ1v) is 7.41. The lowest BCUT2D eigenvalue weighted by atomic mass is 10.2. The summed E-state index contributed by atoms with van der Waals surface area (Å²) < 4.78 is 4.84. The van der Waals surface area contributed by atoms with Crippen LogP contribution in [0.4, 0.5) is 0 Å². The minimum Gasteiger partial charge on any atom is -0.465 e. The summed E-state index contributed by atoms with van der Waals surface area (Å²) in [5.41, 5.74) is 6.91. The predicted octanol–water partition coefficient (Wildman–Crippen LogP) is 2.85. The SMILES string of the molecule is CCOC(=O)C(N)CCSCc1ccc(Cl)cc1. The molecule has 1 aromatic rings. The number of benzene rings is 1. The summed E-state index contributed by atoms with van der Waals surface area (Å²) in [5, 5.41) is 0.744. The number of hydrogen-bond donors (Lipinski definition) is 1. The zero-order valence-corrected chi connectivity index (χ0v) is 12.0. The summed E-state index contributed by atoms with van der Waals surface area (Å²) in [6.45, 7) is 2.16. The quantitative estimate of drug-likeness (QED) is 0.619. The maximum Gasteiger partial charge on any atom is 0.322 e. The molecule has 5 heteroatoms. The van der Waals surface area contributed by atoms with E-state index < -0.39 is 6.04 Å². The molecule has 0 heterocycles. The Hall–Kier alpha value is -0.710. The van der Waals surface area contributed by atoms with Crippen molar-refractivity contribution >= 4 is 29.3 Å². The molecule has 0 bridgehead atoms. The molecule has 100 valence electrons. The first-order valence-electron chi connectivity index (χ1n) is 5.88. The van der Waals surface area contributed by atoms with E-state index in [9.17, 15) is 4.79 Å².